The highest BCUT2D eigenvalue weighted by molar-refractivity contribution is 7.92. The van der Waals surface area contributed by atoms with Gasteiger partial charge in [0, 0.05) is 23.5 Å². The molecule has 0 aromatic heterocycles. The Bertz CT molecular complexity index is 1230. The number of amides is 1. The van der Waals surface area contributed by atoms with Crippen molar-refractivity contribution in [1.29, 1.82) is 0 Å². The number of benzene rings is 3. The molecule has 30 heavy (non-hydrogen) atoms. The average Bonchev–Trinajstić information content (AvgIpc) is 3.14. The van der Waals surface area contributed by atoms with Crippen molar-refractivity contribution in [2.75, 3.05) is 16.2 Å². The minimum Gasteiger partial charge on any atom is -0.308 e. The number of carbonyl (C=O) groups is 1. The molecule has 4 rings (SSSR count). The third-order valence-electron chi connectivity index (χ3n) is 5.56. The fourth-order valence-corrected chi connectivity index (χ4v) is 4.73. The first-order chi connectivity index (χ1) is 14.2. The summed E-state index contributed by atoms with van der Waals surface area (Å²) < 4.78 is 28.4. The van der Waals surface area contributed by atoms with Crippen molar-refractivity contribution in [3.8, 4) is 0 Å². The highest BCUT2D eigenvalue weighted by Crippen LogP contribution is 2.32. The first kappa shape index (κ1) is 20.2. The Morgan fingerprint density at radius 3 is 2.33 bits per heavy atom. The Morgan fingerprint density at radius 2 is 1.63 bits per heavy atom. The zero-order valence-electron chi connectivity index (χ0n) is 17.3. The van der Waals surface area contributed by atoms with Gasteiger partial charge in [-0.1, -0.05) is 23.8 Å². The molecule has 0 spiro atoms. The lowest BCUT2D eigenvalue weighted by Gasteiger charge is -2.18. The molecular weight excluding hydrogens is 396 g/mol. The van der Waals surface area contributed by atoms with Crippen LogP contribution in [0.5, 0.6) is 0 Å². The second kappa shape index (κ2) is 7.61. The molecule has 3 aromatic rings. The van der Waals surface area contributed by atoms with Crippen molar-refractivity contribution in [2.24, 2.45) is 0 Å². The lowest BCUT2D eigenvalue weighted by molar-refractivity contribution is 0.0989. The van der Waals surface area contributed by atoms with Crippen LogP contribution in [0.3, 0.4) is 0 Å². The molecule has 5 nitrogen and oxygen atoms in total. The van der Waals surface area contributed by atoms with Gasteiger partial charge in [-0.25, -0.2) is 8.42 Å². The maximum atomic E-state index is 12.9. The fraction of sp³-hybridized carbons (Fsp3) is 0.208. The van der Waals surface area contributed by atoms with Gasteiger partial charge in [0.2, 0.25) is 0 Å². The van der Waals surface area contributed by atoms with E-state index >= 15 is 0 Å². The summed E-state index contributed by atoms with van der Waals surface area (Å²) in [6, 6.07) is 17.9. The zero-order chi connectivity index (χ0) is 21.5. The van der Waals surface area contributed by atoms with Gasteiger partial charge in [-0.05, 0) is 86.3 Å². The van der Waals surface area contributed by atoms with E-state index in [1.165, 1.54) is 0 Å². The van der Waals surface area contributed by atoms with Crippen molar-refractivity contribution in [2.45, 2.75) is 32.1 Å². The zero-order valence-corrected chi connectivity index (χ0v) is 18.1. The lowest BCUT2D eigenvalue weighted by Crippen LogP contribution is -2.28. The minimum atomic E-state index is -3.71. The van der Waals surface area contributed by atoms with Crippen LogP contribution in [0.2, 0.25) is 0 Å². The number of nitrogens with zero attached hydrogens (tertiary/aromatic N) is 1. The molecule has 0 saturated heterocycles. The summed E-state index contributed by atoms with van der Waals surface area (Å²) in [5.41, 5.74) is 6.02. The summed E-state index contributed by atoms with van der Waals surface area (Å²) in [5.74, 6) is -0.0717. The standard InChI is InChI=1S/C24H24N2O3S/c1-16-4-7-19(8-5-16)24(27)26-13-12-20-15-22(10-11-23(20)26)30(28,29)25-21-9-6-17(2)18(3)14-21/h4-11,14-15,25H,12-13H2,1-3H3. The van der Waals surface area contributed by atoms with E-state index in [2.05, 4.69) is 4.72 Å². The van der Waals surface area contributed by atoms with Gasteiger partial charge in [-0.3, -0.25) is 9.52 Å². The number of hydrogen-bond acceptors (Lipinski definition) is 3. The third kappa shape index (κ3) is 3.83. The van der Waals surface area contributed by atoms with Crippen LogP contribution in [0.25, 0.3) is 0 Å². The van der Waals surface area contributed by atoms with Crippen LogP contribution in [-0.4, -0.2) is 20.9 Å². The highest BCUT2D eigenvalue weighted by Gasteiger charge is 2.27. The predicted molar refractivity (Wildman–Crippen MR) is 120 cm³/mol. The molecule has 1 heterocycles. The molecule has 0 atom stereocenters. The van der Waals surface area contributed by atoms with Gasteiger partial charge < -0.3 is 4.90 Å². The van der Waals surface area contributed by atoms with E-state index in [0.29, 0.717) is 24.2 Å². The Kier molecular flexibility index (Phi) is 5.12. The van der Waals surface area contributed by atoms with Gasteiger partial charge in [0.15, 0.2) is 0 Å². The van der Waals surface area contributed by atoms with Gasteiger partial charge in [0.1, 0.15) is 0 Å². The summed E-state index contributed by atoms with van der Waals surface area (Å²) in [6.07, 6.45) is 0.625. The first-order valence-electron chi connectivity index (χ1n) is 9.86. The molecule has 3 aromatic carbocycles. The number of fused-ring (bicyclic) bond motifs is 1. The van der Waals surface area contributed by atoms with Crippen LogP contribution in [0.4, 0.5) is 11.4 Å². The summed E-state index contributed by atoms with van der Waals surface area (Å²) in [4.78, 5) is 14.8. The SMILES string of the molecule is Cc1ccc(C(=O)N2CCc3cc(S(=O)(=O)Nc4ccc(C)c(C)c4)ccc32)cc1. The van der Waals surface area contributed by atoms with E-state index in [1.54, 1.807) is 29.2 Å². The van der Waals surface area contributed by atoms with Gasteiger partial charge in [0.25, 0.3) is 15.9 Å². The molecule has 1 amide bonds. The second-order valence-electron chi connectivity index (χ2n) is 7.77. The Morgan fingerprint density at radius 1 is 0.900 bits per heavy atom. The number of anilines is 2. The van der Waals surface area contributed by atoms with Crippen LogP contribution < -0.4 is 9.62 Å². The molecular formula is C24H24N2O3S. The molecule has 1 aliphatic heterocycles. The Hall–Kier alpha value is -3.12. The van der Waals surface area contributed by atoms with E-state index in [0.717, 1.165) is 27.9 Å². The fourth-order valence-electron chi connectivity index (χ4n) is 3.63. The average molecular weight is 421 g/mol. The van der Waals surface area contributed by atoms with Crippen LogP contribution in [-0.2, 0) is 16.4 Å². The topological polar surface area (TPSA) is 66.5 Å². The molecule has 0 unspecified atom stereocenters. The molecule has 0 radical (unpaired) electrons. The van der Waals surface area contributed by atoms with Gasteiger partial charge in [-0.15, -0.1) is 0 Å². The Labute approximate surface area is 177 Å². The lowest BCUT2D eigenvalue weighted by atomic mass is 10.1. The maximum Gasteiger partial charge on any atom is 0.261 e. The van der Waals surface area contributed by atoms with Crippen LogP contribution in [0.15, 0.2) is 65.6 Å². The number of rotatable bonds is 4. The first-order valence-corrected chi connectivity index (χ1v) is 11.3. The molecule has 1 N–H and O–H groups in total. The van der Waals surface area contributed by atoms with Crippen molar-refractivity contribution < 1.29 is 13.2 Å². The molecule has 6 heteroatoms. The van der Waals surface area contributed by atoms with Crippen molar-refractivity contribution >= 4 is 27.3 Å². The van der Waals surface area contributed by atoms with Crippen molar-refractivity contribution in [1.82, 2.24) is 0 Å². The van der Waals surface area contributed by atoms with E-state index in [4.69, 9.17) is 0 Å². The maximum absolute atomic E-state index is 12.9. The summed E-state index contributed by atoms with van der Waals surface area (Å²) >= 11 is 0. The largest absolute Gasteiger partial charge is 0.308 e. The minimum absolute atomic E-state index is 0.0717. The number of nitrogens with one attached hydrogen (secondary N) is 1. The van der Waals surface area contributed by atoms with Crippen LogP contribution >= 0.6 is 0 Å². The Balaban J connectivity index is 1.59. The quantitative estimate of drug-likeness (QED) is 0.670. The summed E-state index contributed by atoms with van der Waals surface area (Å²) in [5, 5.41) is 0. The number of sulfonamides is 1. The molecule has 1 aliphatic rings. The smallest absolute Gasteiger partial charge is 0.261 e. The summed E-state index contributed by atoms with van der Waals surface area (Å²) in [6.45, 7) is 6.45. The number of aryl methyl sites for hydroxylation is 3. The third-order valence-corrected chi connectivity index (χ3v) is 6.94. The van der Waals surface area contributed by atoms with E-state index in [9.17, 15) is 13.2 Å². The van der Waals surface area contributed by atoms with Crippen molar-refractivity contribution in [3.63, 3.8) is 0 Å². The molecule has 0 bridgehead atoms. The van der Waals surface area contributed by atoms with Crippen LogP contribution in [0, 0.1) is 20.8 Å². The van der Waals surface area contributed by atoms with E-state index in [1.807, 2.05) is 57.2 Å². The number of carbonyl (C=O) groups excluding carboxylic acids is 1. The van der Waals surface area contributed by atoms with Gasteiger partial charge in [-0.2, -0.15) is 0 Å². The molecule has 0 fully saturated rings. The normalized spacial score (nSPS) is 13.2. The molecule has 154 valence electrons. The van der Waals surface area contributed by atoms with E-state index in [-0.39, 0.29) is 10.8 Å². The highest BCUT2D eigenvalue weighted by atomic mass is 32.2. The van der Waals surface area contributed by atoms with Gasteiger partial charge in [0.05, 0.1) is 4.90 Å². The van der Waals surface area contributed by atoms with Crippen LogP contribution in [0.1, 0.15) is 32.6 Å². The summed E-state index contributed by atoms with van der Waals surface area (Å²) in [7, 11) is -3.71. The van der Waals surface area contributed by atoms with Crippen molar-refractivity contribution in [3.05, 3.63) is 88.5 Å². The van der Waals surface area contributed by atoms with Gasteiger partial charge >= 0.3 is 0 Å². The second-order valence-corrected chi connectivity index (χ2v) is 9.45. The molecule has 0 saturated carbocycles. The predicted octanol–water partition coefficient (Wildman–Crippen LogP) is 4.62. The molecule has 0 aliphatic carbocycles. The number of hydrogen-bond donors (Lipinski definition) is 1. The van der Waals surface area contributed by atoms with E-state index < -0.39 is 10.0 Å². The monoisotopic (exact) mass is 420 g/mol.